The molecule has 0 heteroatoms. The lowest BCUT2D eigenvalue weighted by atomic mass is 9.83. The Balaban J connectivity index is 1.49. The van der Waals surface area contributed by atoms with E-state index < -0.39 is 292 Å². The molecular weight excluding hydrogens is 601 g/mol. The number of fused-ring (bicyclic) bond motifs is 6. The van der Waals surface area contributed by atoms with Gasteiger partial charge >= 0.3 is 0 Å². The van der Waals surface area contributed by atoms with Crippen LogP contribution in [0.5, 0.6) is 0 Å². The molecule has 0 atom stereocenters. The van der Waals surface area contributed by atoms with Gasteiger partial charge in [0.05, 0.1) is 43.9 Å². The van der Waals surface area contributed by atoms with Gasteiger partial charge in [-0.25, -0.2) is 0 Å². The largest absolute Gasteiger partial charge is 0.0636 e. The standard InChI is InChI=1S/C50H32/c1-2-14-33(15-3-1)38-30-31-47(41-20-8-6-19-40(38)41)50-45-24-12-10-22-43(45)49(44-23-11-13-25-46(44)50)35-28-26-34(27-29-35)48-32-36-16-4-5-17-37(36)39-18-7-9-21-42(39)48/h1-32H/i1D,2D,3D,4D,5D,6D,7D,8D,9D,10D,11D,12D,13D,14D,15D,16D,17D,18D,19D,20D,21D,22D,23D,24D,25D,26D,27D,28D,29D,30D,31D,32D. The monoisotopic (exact) mass is 664 g/mol. The first kappa shape index (κ1) is 11.0. The number of hydrogen-bond acceptors (Lipinski definition) is 0. The van der Waals surface area contributed by atoms with E-state index in [1.807, 2.05) is 0 Å². The van der Waals surface area contributed by atoms with Gasteiger partial charge in [-0.15, -0.1) is 0 Å². The lowest BCUT2D eigenvalue weighted by Gasteiger charge is -2.20. The maximum Gasteiger partial charge on any atom is 0.0636 e. The van der Waals surface area contributed by atoms with Gasteiger partial charge in [0.15, 0.2) is 0 Å². The van der Waals surface area contributed by atoms with Gasteiger partial charge in [-0.05, 0) is 104 Å². The highest BCUT2D eigenvalue weighted by molar-refractivity contribution is 6.24. The highest BCUT2D eigenvalue weighted by Crippen LogP contribution is 2.47. The first-order valence-electron chi connectivity index (χ1n) is 30.8. The third kappa shape index (κ3) is 4.46. The summed E-state index contributed by atoms with van der Waals surface area (Å²) in [5, 5.41) is -7.47. The fourth-order valence-electron chi connectivity index (χ4n) is 6.03. The van der Waals surface area contributed by atoms with Crippen LogP contribution in [-0.4, -0.2) is 0 Å². The van der Waals surface area contributed by atoms with E-state index in [9.17, 15) is 17.8 Å². The molecule has 0 bridgehead atoms. The molecule has 10 rings (SSSR count). The minimum Gasteiger partial charge on any atom is -0.0622 e. The minimum atomic E-state index is -1.19. The van der Waals surface area contributed by atoms with Crippen LogP contribution in [0.1, 0.15) is 43.9 Å². The van der Waals surface area contributed by atoms with Crippen molar-refractivity contribution in [2.45, 2.75) is 0 Å². The van der Waals surface area contributed by atoms with Crippen LogP contribution >= 0.6 is 0 Å². The molecule has 0 saturated heterocycles. The summed E-state index contributed by atoms with van der Waals surface area (Å²) in [6.45, 7) is 0. The summed E-state index contributed by atoms with van der Waals surface area (Å²) in [7, 11) is 0. The first-order valence-corrected chi connectivity index (χ1v) is 14.8. The van der Waals surface area contributed by atoms with Crippen molar-refractivity contribution in [3.8, 4) is 44.5 Å². The van der Waals surface area contributed by atoms with E-state index in [0.717, 1.165) is 0 Å². The molecule has 0 N–H and O–H groups in total. The predicted octanol–water partition coefficient (Wildman–Crippen LogP) is 14.1. The molecule has 10 aromatic rings. The highest BCUT2D eigenvalue weighted by Gasteiger charge is 2.19. The van der Waals surface area contributed by atoms with Gasteiger partial charge in [-0.2, -0.15) is 0 Å². The van der Waals surface area contributed by atoms with E-state index in [1.165, 1.54) is 0 Å². The smallest absolute Gasteiger partial charge is 0.0622 e. The Bertz CT molecular complexity index is 4620. The van der Waals surface area contributed by atoms with Crippen LogP contribution in [0.2, 0.25) is 0 Å². The molecule has 0 aliphatic carbocycles. The van der Waals surface area contributed by atoms with Crippen LogP contribution in [0.15, 0.2) is 193 Å². The second-order valence-corrected chi connectivity index (χ2v) is 10.8. The third-order valence-electron chi connectivity index (χ3n) is 8.12. The second-order valence-electron chi connectivity index (χ2n) is 10.8. The molecule has 0 fully saturated rings. The summed E-state index contributed by atoms with van der Waals surface area (Å²) >= 11 is 0. The zero-order chi connectivity index (χ0) is 60.9. The molecule has 0 aliphatic heterocycles. The Morgan fingerprint density at radius 2 is 0.640 bits per heavy atom. The van der Waals surface area contributed by atoms with Crippen molar-refractivity contribution in [1.82, 2.24) is 0 Å². The van der Waals surface area contributed by atoms with Crippen LogP contribution in [-0.2, 0) is 0 Å². The third-order valence-corrected chi connectivity index (χ3v) is 8.12. The van der Waals surface area contributed by atoms with E-state index in [-0.39, 0.29) is 0 Å². The van der Waals surface area contributed by atoms with Crippen LogP contribution < -0.4 is 0 Å². The molecule has 0 spiro atoms. The molecule has 0 radical (unpaired) electrons. The van der Waals surface area contributed by atoms with Crippen molar-refractivity contribution in [2.24, 2.45) is 0 Å². The van der Waals surface area contributed by atoms with Crippen molar-refractivity contribution in [3.05, 3.63) is 193 Å². The van der Waals surface area contributed by atoms with E-state index >= 15 is 0 Å². The SMILES string of the molecule is [2H]c1c([2H])c([2H])c(-c2c([2H])c([2H])c(-c3c4c([2H])c([2H])c([2H])c([2H])c4c(-c4c([2H])c([2H])c(-c5c([2H])c6c([2H])c([2H])c([2H])c([2H])c6c6c([2H])c([2H])c([2H])c([2H])c56)c([2H])c4[2H])c4c([2H])c([2H])c([2H])c([2H])c34)c3c([2H])c([2H])c([2H])c([2H])c23)c([2H])c1[2H]. The predicted molar refractivity (Wildman–Crippen MR) is 216 cm³/mol. The molecule has 0 amide bonds. The number of hydrogen-bond donors (Lipinski definition) is 0. The number of benzene rings is 10. The molecule has 0 saturated carbocycles. The molecular formula is C50H32. The summed E-state index contributed by atoms with van der Waals surface area (Å²) in [4.78, 5) is 0. The lowest BCUT2D eigenvalue weighted by molar-refractivity contribution is 1.63. The Labute approximate surface area is 336 Å². The van der Waals surface area contributed by atoms with Crippen molar-refractivity contribution in [1.29, 1.82) is 0 Å². The Morgan fingerprint density at radius 3 is 1.26 bits per heavy atom. The Morgan fingerprint density at radius 1 is 0.240 bits per heavy atom. The summed E-state index contributed by atoms with van der Waals surface area (Å²) < 4.78 is 290. The van der Waals surface area contributed by atoms with Gasteiger partial charge in [0.25, 0.3) is 0 Å². The average Bonchev–Trinajstić information content (AvgIpc) is 0.944. The fourth-order valence-corrected chi connectivity index (χ4v) is 6.03. The molecule has 10 aromatic carbocycles. The van der Waals surface area contributed by atoms with Crippen molar-refractivity contribution < 1.29 is 43.9 Å². The summed E-state index contributed by atoms with van der Waals surface area (Å²) in [5.41, 5.74) is -6.81. The summed E-state index contributed by atoms with van der Waals surface area (Å²) in [5.74, 6) is 0. The summed E-state index contributed by atoms with van der Waals surface area (Å²) in [6.07, 6.45) is 0. The van der Waals surface area contributed by atoms with Gasteiger partial charge in [-0.3, -0.25) is 0 Å². The Hall–Kier alpha value is -6.50. The van der Waals surface area contributed by atoms with Crippen LogP contribution in [0.4, 0.5) is 0 Å². The quantitative estimate of drug-likeness (QED) is 0.130. The zero-order valence-electron chi connectivity index (χ0n) is 57.0. The van der Waals surface area contributed by atoms with E-state index in [1.54, 1.807) is 0 Å². The highest BCUT2D eigenvalue weighted by atomic mass is 14.2. The van der Waals surface area contributed by atoms with Crippen molar-refractivity contribution in [3.63, 3.8) is 0 Å². The van der Waals surface area contributed by atoms with Gasteiger partial charge in [-0.1, -0.05) is 187 Å². The van der Waals surface area contributed by atoms with Gasteiger partial charge < -0.3 is 0 Å². The van der Waals surface area contributed by atoms with Gasteiger partial charge in [0.1, 0.15) is 0 Å². The van der Waals surface area contributed by atoms with Crippen LogP contribution in [0.25, 0.3) is 98.4 Å². The summed E-state index contributed by atoms with van der Waals surface area (Å²) in [6, 6.07) is -32.5. The van der Waals surface area contributed by atoms with E-state index in [0.29, 0.717) is 0 Å². The topological polar surface area (TPSA) is 0 Å². The Kier molecular flexibility index (Phi) is 2.55. The lowest BCUT2D eigenvalue weighted by Crippen LogP contribution is -1.92. The molecule has 0 aromatic heterocycles. The first-order chi connectivity index (χ1) is 38.1. The minimum absolute atomic E-state index is 0.546. The van der Waals surface area contributed by atoms with Crippen LogP contribution in [0, 0.1) is 0 Å². The second kappa shape index (κ2) is 11.6. The molecule has 0 heterocycles. The molecule has 0 unspecified atom stereocenters. The number of rotatable bonds is 4. The normalized spacial score (nSPS) is 20.6. The maximum absolute atomic E-state index is 9.76. The van der Waals surface area contributed by atoms with Crippen molar-refractivity contribution in [2.75, 3.05) is 0 Å². The molecule has 232 valence electrons. The zero-order valence-corrected chi connectivity index (χ0v) is 25.0. The van der Waals surface area contributed by atoms with E-state index in [4.69, 9.17) is 26.0 Å². The van der Waals surface area contributed by atoms with Gasteiger partial charge in [0.2, 0.25) is 0 Å². The fraction of sp³-hybridized carbons (Fsp3) is 0. The molecule has 0 aliphatic rings. The maximum atomic E-state index is 9.76. The van der Waals surface area contributed by atoms with Gasteiger partial charge in [0, 0.05) is 0 Å². The molecule has 50 heavy (non-hydrogen) atoms. The van der Waals surface area contributed by atoms with Crippen molar-refractivity contribution >= 4 is 53.9 Å². The molecule has 0 nitrogen and oxygen atoms in total. The van der Waals surface area contributed by atoms with Crippen LogP contribution in [0.3, 0.4) is 0 Å². The average molecular weight is 665 g/mol. The van der Waals surface area contributed by atoms with E-state index in [2.05, 4.69) is 0 Å².